The lowest BCUT2D eigenvalue weighted by Gasteiger charge is -2.04. The lowest BCUT2D eigenvalue weighted by atomic mass is 10.2. The van der Waals surface area contributed by atoms with Crippen LogP contribution in [0.1, 0.15) is 5.56 Å². The summed E-state index contributed by atoms with van der Waals surface area (Å²) >= 11 is 0. The van der Waals surface area contributed by atoms with Crippen molar-refractivity contribution in [2.24, 2.45) is 0 Å². The van der Waals surface area contributed by atoms with Gasteiger partial charge in [0.25, 0.3) is 0 Å². The number of aromatic nitrogens is 3. The minimum atomic E-state index is 0.500. The maximum atomic E-state index is 5.53. The molecule has 0 bridgehead atoms. The minimum Gasteiger partial charge on any atom is -0.472 e. The van der Waals surface area contributed by atoms with Crippen LogP contribution in [0.15, 0.2) is 49.1 Å². The van der Waals surface area contributed by atoms with Crippen LogP contribution < -0.4 is 4.74 Å². The topological polar surface area (TPSA) is 50.8 Å². The van der Waals surface area contributed by atoms with Crippen molar-refractivity contribution in [2.45, 2.75) is 6.61 Å². The van der Waals surface area contributed by atoms with Gasteiger partial charge in [-0.3, -0.25) is 4.98 Å². The summed E-state index contributed by atoms with van der Waals surface area (Å²) in [4.78, 5) is 11.2. The van der Waals surface area contributed by atoms with E-state index in [2.05, 4.69) is 21.0 Å². The maximum absolute atomic E-state index is 5.53. The van der Waals surface area contributed by atoms with E-state index in [1.807, 2.05) is 24.4 Å². The van der Waals surface area contributed by atoms with Crippen LogP contribution in [-0.2, 0) is 6.61 Å². The van der Waals surface area contributed by atoms with Crippen LogP contribution in [-0.4, -0.2) is 15.0 Å². The van der Waals surface area contributed by atoms with Gasteiger partial charge in [0.15, 0.2) is 0 Å². The average molecular weight is 225 g/mol. The summed E-state index contributed by atoms with van der Waals surface area (Å²) in [5, 5.41) is 1.19. The molecule has 1 aromatic carbocycles. The van der Waals surface area contributed by atoms with Gasteiger partial charge in [-0.1, -0.05) is 6.07 Å². The fourth-order valence-corrected chi connectivity index (χ4v) is 1.71. The molecule has 0 aliphatic heterocycles. The summed E-state index contributed by atoms with van der Waals surface area (Å²) in [5.41, 5.74) is 2.25. The Hall–Kier alpha value is -2.36. The zero-order chi connectivity index (χ0) is 11.5. The van der Waals surface area contributed by atoms with Crippen LogP contribution in [0, 0.1) is 0 Å². The maximum Gasteiger partial charge on any atom is 0.232 e. The molecule has 0 aliphatic rings. The molecule has 4 heteroatoms. The third-order valence-corrected chi connectivity index (χ3v) is 2.54. The first-order chi connectivity index (χ1) is 8.42. The standard InChI is InChI=1S/C13H11N3O/c1-2-12-11(3-4-15-12)7-10(1)9-17-13-8-14-5-6-16-13/h1-8,15H,9H2. The molecule has 2 aromatic heterocycles. The van der Waals surface area contributed by atoms with E-state index in [0.29, 0.717) is 12.5 Å². The van der Waals surface area contributed by atoms with Crippen molar-refractivity contribution in [3.8, 4) is 5.88 Å². The van der Waals surface area contributed by atoms with E-state index in [1.54, 1.807) is 18.6 Å². The Morgan fingerprint density at radius 1 is 1.18 bits per heavy atom. The van der Waals surface area contributed by atoms with Gasteiger partial charge in [-0.15, -0.1) is 0 Å². The van der Waals surface area contributed by atoms with E-state index < -0.39 is 0 Å². The van der Waals surface area contributed by atoms with Gasteiger partial charge >= 0.3 is 0 Å². The first-order valence-corrected chi connectivity index (χ1v) is 5.37. The van der Waals surface area contributed by atoms with Gasteiger partial charge in [0.05, 0.1) is 6.20 Å². The summed E-state index contributed by atoms with van der Waals surface area (Å²) in [6.07, 6.45) is 6.77. The zero-order valence-electron chi connectivity index (χ0n) is 9.13. The lowest BCUT2D eigenvalue weighted by Crippen LogP contribution is -1.97. The zero-order valence-corrected chi connectivity index (χ0v) is 9.13. The predicted octanol–water partition coefficient (Wildman–Crippen LogP) is 2.54. The summed E-state index contributed by atoms with van der Waals surface area (Å²) < 4.78 is 5.53. The van der Waals surface area contributed by atoms with Crippen LogP contribution in [0.5, 0.6) is 5.88 Å². The second-order valence-corrected chi connectivity index (χ2v) is 3.73. The molecule has 0 spiro atoms. The second-order valence-electron chi connectivity index (χ2n) is 3.73. The van der Waals surface area contributed by atoms with E-state index >= 15 is 0 Å². The summed E-state index contributed by atoms with van der Waals surface area (Å²) in [7, 11) is 0. The molecule has 0 aliphatic carbocycles. The van der Waals surface area contributed by atoms with Gasteiger partial charge in [0.2, 0.25) is 5.88 Å². The van der Waals surface area contributed by atoms with Crippen molar-refractivity contribution in [1.82, 2.24) is 15.0 Å². The monoisotopic (exact) mass is 225 g/mol. The fourth-order valence-electron chi connectivity index (χ4n) is 1.71. The van der Waals surface area contributed by atoms with Crippen molar-refractivity contribution in [3.63, 3.8) is 0 Å². The van der Waals surface area contributed by atoms with Gasteiger partial charge in [-0.05, 0) is 29.1 Å². The molecule has 17 heavy (non-hydrogen) atoms. The van der Waals surface area contributed by atoms with E-state index in [1.165, 1.54) is 5.39 Å². The number of rotatable bonds is 3. The Morgan fingerprint density at radius 3 is 3.06 bits per heavy atom. The van der Waals surface area contributed by atoms with Gasteiger partial charge in [-0.25, -0.2) is 4.98 Å². The van der Waals surface area contributed by atoms with Gasteiger partial charge < -0.3 is 9.72 Å². The van der Waals surface area contributed by atoms with Gasteiger partial charge in [0, 0.05) is 24.1 Å². The van der Waals surface area contributed by atoms with Crippen molar-refractivity contribution < 1.29 is 4.74 Å². The van der Waals surface area contributed by atoms with Gasteiger partial charge in [-0.2, -0.15) is 0 Å². The highest BCUT2D eigenvalue weighted by Crippen LogP contribution is 2.15. The van der Waals surface area contributed by atoms with Crippen LogP contribution in [0.3, 0.4) is 0 Å². The molecule has 0 atom stereocenters. The first-order valence-electron chi connectivity index (χ1n) is 5.37. The number of nitrogens with zero attached hydrogens (tertiary/aromatic N) is 2. The molecule has 4 nitrogen and oxygen atoms in total. The number of aromatic amines is 1. The van der Waals surface area contributed by atoms with E-state index in [9.17, 15) is 0 Å². The van der Waals surface area contributed by atoms with Crippen molar-refractivity contribution >= 4 is 10.9 Å². The van der Waals surface area contributed by atoms with Crippen molar-refractivity contribution in [3.05, 3.63) is 54.6 Å². The highest BCUT2D eigenvalue weighted by Gasteiger charge is 1.99. The smallest absolute Gasteiger partial charge is 0.232 e. The van der Waals surface area contributed by atoms with Crippen molar-refractivity contribution in [1.29, 1.82) is 0 Å². The molecule has 0 unspecified atom stereocenters. The summed E-state index contributed by atoms with van der Waals surface area (Å²) in [5.74, 6) is 0.543. The normalized spacial score (nSPS) is 10.6. The van der Waals surface area contributed by atoms with E-state index in [-0.39, 0.29) is 0 Å². The fraction of sp³-hybridized carbons (Fsp3) is 0.0769. The first kappa shape index (κ1) is 9.84. The Labute approximate surface area is 98.3 Å². The summed E-state index contributed by atoms with van der Waals surface area (Å²) in [6, 6.07) is 8.23. The Bertz CT molecular complexity index is 619. The molecule has 0 fully saturated rings. The molecular formula is C13H11N3O. The third kappa shape index (κ3) is 2.10. The Morgan fingerprint density at radius 2 is 2.18 bits per heavy atom. The number of ether oxygens (including phenoxy) is 1. The number of benzene rings is 1. The molecule has 0 saturated heterocycles. The minimum absolute atomic E-state index is 0.500. The van der Waals surface area contributed by atoms with Crippen LogP contribution in [0.4, 0.5) is 0 Å². The largest absolute Gasteiger partial charge is 0.472 e. The Balaban J connectivity index is 1.76. The second kappa shape index (κ2) is 4.25. The van der Waals surface area contributed by atoms with Gasteiger partial charge in [0.1, 0.15) is 6.61 Å². The molecule has 3 rings (SSSR count). The number of hydrogen-bond donors (Lipinski definition) is 1. The van der Waals surface area contributed by atoms with Crippen LogP contribution in [0.2, 0.25) is 0 Å². The highest BCUT2D eigenvalue weighted by molar-refractivity contribution is 5.79. The summed E-state index contributed by atoms with van der Waals surface area (Å²) in [6.45, 7) is 0.500. The lowest BCUT2D eigenvalue weighted by molar-refractivity contribution is 0.292. The molecule has 0 amide bonds. The highest BCUT2D eigenvalue weighted by atomic mass is 16.5. The SMILES string of the molecule is c1cnc(OCc2ccc3[nH]ccc3c2)cn1. The van der Waals surface area contributed by atoms with E-state index in [4.69, 9.17) is 4.74 Å². The quantitative estimate of drug-likeness (QED) is 0.745. The van der Waals surface area contributed by atoms with E-state index in [0.717, 1.165) is 11.1 Å². The number of fused-ring (bicyclic) bond motifs is 1. The molecule has 3 aromatic rings. The Kier molecular flexibility index (Phi) is 2.46. The average Bonchev–Trinajstić information content (AvgIpc) is 2.85. The molecule has 0 saturated carbocycles. The molecule has 0 radical (unpaired) electrons. The molecule has 84 valence electrons. The predicted molar refractivity (Wildman–Crippen MR) is 64.7 cm³/mol. The number of hydrogen-bond acceptors (Lipinski definition) is 3. The van der Waals surface area contributed by atoms with Crippen LogP contribution >= 0.6 is 0 Å². The molecular weight excluding hydrogens is 214 g/mol. The molecule has 2 heterocycles. The number of H-pyrrole nitrogens is 1. The molecule has 1 N–H and O–H groups in total. The third-order valence-electron chi connectivity index (χ3n) is 2.54. The van der Waals surface area contributed by atoms with Crippen molar-refractivity contribution in [2.75, 3.05) is 0 Å². The number of nitrogens with one attached hydrogen (secondary N) is 1. The van der Waals surface area contributed by atoms with Crippen LogP contribution in [0.25, 0.3) is 10.9 Å².